The van der Waals surface area contributed by atoms with Gasteiger partial charge in [-0.3, -0.25) is 0 Å². The molecule has 1 rings (SSSR count). The molecule has 0 amide bonds. The average Bonchev–Trinajstić information content (AvgIpc) is 2.38. The van der Waals surface area contributed by atoms with Gasteiger partial charge in [0.1, 0.15) is 4.99 Å². The molecule has 2 N–H and O–H groups in total. The lowest BCUT2D eigenvalue weighted by molar-refractivity contribution is 0.400. The summed E-state index contributed by atoms with van der Waals surface area (Å²) in [4.78, 5) is 4.33. The fourth-order valence-electron chi connectivity index (χ4n) is 2.00. The molecule has 0 aliphatic rings. The van der Waals surface area contributed by atoms with E-state index in [9.17, 15) is 4.39 Å². The van der Waals surface area contributed by atoms with Crippen LogP contribution < -0.4 is 10.6 Å². The molecule has 1 aromatic rings. The van der Waals surface area contributed by atoms with E-state index in [1.165, 1.54) is 0 Å². The topological polar surface area (TPSA) is 32.5 Å². The van der Waals surface area contributed by atoms with Gasteiger partial charge in [0.25, 0.3) is 0 Å². The molecule has 0 radical (unpaired) electrons. The highest BCUT2D eigenvalue weighted by Crippen LogP contribution is 2.29. The highest BCUT2D eigenvalue weighted by atomic mass is 79.9. The maximum atomic E-state index is 14.4. The van der Waals surface area contributed by atoms with Crippen LogP contribution in [-0.2, 0) is 0 Å². The van der Waals surface area contributed by atoms with Crippen molar-refractivity contribution in [3.8, 4) is 0 Å². The molecule has 0 unspecified atom stereocenters. The third kappa shape index (κ3) is 4.40. The van der Waals surface area contributed by atoms with Crippen molar-refractivity contribution in [3.05, 3.63) is 28.0 Å². The lowest BCUT2D eigenvalue weighted by Crippen LogP contribution is -2.28. The van der Waals surface area contributed by atoms with Gasteiger partial charge in [-0.05, 0) is 62.0 Å². The van der Waals surface area contributed by atoms with Crippen LogP contribution in [0.2, 0.25) is 0 Å². The fourth-order valence-corrected chi connectivity index (χ4v) is 2.85. The molecular weight excluding hydrogens is 341 g/mol. The van der Waals surface area contributed by atoms with Crippen molar-refractivity contribution in [2.45, 2.75) is 13.3 Å². The summed E-state index contributed by atoms with van der Waals surface area (Å²) >= 11 is 8.15. The van der Waals surface area contributed by atoms with E-state index in [-0.39, 0.29) is 10.8 Å². The standard InChI is InChI=1S/C14H21BrFN3S/c1-4-19(9-5-8-18(2)3)11-7-6-10(14(17)20)12(15)13(11)16/h6-7H,4-5,8-9H2,1-3H3,(H2,17,20). The van der Waals surface area contributed by atoms with Gasteiger partial charge in [0.2, 0.25) is 0 Å². The largest absolute Gasteiger partial charge is 0.389 e. The number of nitrogens with two attached hydrogens (primary N) is 1. The Hall–Kier alpha value is -0.720. The molecule has 0 aliphatic carbocycles. The van der Waals surface area contributed by atoms with Gasteiger partial charge in [0.05, 0.1) is 10.2 Å². The average molecular weight is 362 g/mol. The summed E-state index contributed by atoms with van der Waals surface area (Å²) in [6, 6.07) is 3.51. The lowest BCUT2D eigenvalue weighted by Gasteiger charge is -2.25. The van der Waals surface area contributed by atoms with Gasteiger partial charge in [0, 0.05) is 18.7 Å². The molecule has 0 saturated carbocycles. The van der Waals surface area contributed by atoms with Crippen LogP contribution in [0.25, 0.3) is 0 Å². The predicted octanol–water partition coefficient (Wildman–Crippen LogP) is 3.00. The number of benzene rings is 1. The second-order valence-corrected chi connectivity index (χ2v) is 6.09. The van der Waals surface area contributed by atoms with Crippen LogP contribution in [0.3, 0.4) is 0 Å². The van der Waals surface area contributed by atoms with Crippen LogP contribution in [0, 0.1) is 5.82 Å². The summed E-state index contributed by atoms with van der Waals surface area (Å²) in [6.45, 7) is 4.56. The molecule has 1 aromatic carbocycles. The van der Waals surface area contributed by atoms with Crippen molar-refractivity contribution in [1.82, 2.24) is 4.90 Å². The molecule has 6 heteroatoms. The second kappa shape index (κ2) is 7.90. The molecule has 0 bridgehead atoms. The van der Waals surface area contributed by atoms with Crippen LogP contribution in [0.5, 0.6) is 0 Å². The molecule has 112 valence electrons. The van der Waals surface area contributed by atoms with E-state index < -0.39 is 0 Å². The van der Waals surface area contributed by atoms with E-state index in [1.54, 1.807) is 12.1 Å². The zero-order valence-corrected chi connectivity index (χ0v) is 14.5. The van der Waals surface area contributed by atoms with Crippen molar-refractivity contribution in [2.24, 2.45) is 5.73 Å². The Kier molecular flexibility index (Phi) is 6.85. The first-order valence-electron chi connectivity index (χ1n) is 6.56. The number of hydrogen-bond donors (Lipinski definition) is 1. The lowest BCUT2D eigenvalue weighted by atomic mass is 10.1. The van der Waals surface area contributed by atoms with Gasteiger partial charge in [-0.25, -0.2) is 4.39 Å². The van der Waals surface area contributed by atoms with Crippen LogP contribution in [0.4, 0.5) is 10.1 Å². The van der Waals surface area contributed by atoms with Crippen LogP contribution in [0.1, 0.15) is 18.9 Å². The van der Waals surface area contributed by atoms with E-state index in [2.05, 4.69) is 20.8 Å². The molecule has 0 heterocycles. The second-order valence-electron chi connectivity index (χ2n) is 4.86. The zero-order valence-electron chi connectivity index (χ0n) is 12.1. The minimum atomic E-state index is -0.304. The highest BCUT2D eigenvalue weighted by Gasteiger charge is 2.16. The smallest absolute Gasteiger partial charge is 0.161 e. The van der Waals surface area contributed by atoms with Gasteiger partial charge in [-0.15, -0.1) is 0 Å². The summed E-state index contributed by atoms with van der Waals surface area (Å²) in [7, 11) is 4.06. The first-order chi connectivity index (χ1) is 9.38. The Morgan fingerprint density at radius 1 is 1.35 bits per heavy atom. The van der Waals surface area contributed by atoms with E-state index in [0.29, 0.717) is 15.7 Å². The number of thiocarbonyl (C=S) groups is 1. The van der Waals surface area contributed by atoms with E-state index >= 15 is 0 Å². The summed E-state index contributed by atoms with van der Waals surface area (Å²) in [5.41, 5.74) is 6.69. The van der Waals surface area contributed by atoms with E-state index in [0.717, 1.165) is 26.1 Å². The Bertz CT molecular complexity index is 480. The molecule has 0 fully saturated rings. The molecular formula is C14H21BrFN3S. The molecule has 0 aromatic heterocycles. The third-order valence-electron chi connectivity index (χ3n) is 3.08. The van der Waals surface area contributed by atoms with Crippen LogP contribution in [-0.4, -0.2) is 43.6 Å². The van der Waals surface area contributed by atoms with Crippen molar-refractivity contribution < 1.29 is 4.39 Å². The summed E-state index contributed by atoms with van der Waals surface area (Å²) in [5.74, 6) is -0.304. The monoisotopic (exact) mass is 361 g/mol. The first kappa shape index (κ1) is 17.3. The minimum Gasteiger partial charge on any atom is -0.389 e. The first-order valence-corrected chi connectivity index (χ1v) is 7.76. The third-order valence-corrected chi connectivity index (χ3v) is 4.08. The molecule has 0 atom stereocenters. The van der Waals surface area contributed by atoms with Gasteiger partial charge in [0.15, 0.2) is 5.82 Å². The number of nitrogens with zero attached hydrogens (tertiary/aromatic N) is 2. The highest BCUT2D eigenvalue weighted by molar-refractivity contribution is 9.10. The molecule has 0 spiro atoms. The number of halogens is 2. The molecule has 3 nitrogen and oxygen atoms in total. The Morgan fingerprint density at radius 2 is 2.00 bits per heavy atom. The summed E-state index contributed by atoms with van der Waals surface area (Å²) in [5, 5.41) is 0. The Morgan fingerprint density at radius 3 is 2.50 bits per heavy atom. The number of anilines is 1. The Balaban J connectivity index is 2.93. The number of rotatable bonds is 7. The molecule has 0 saturated heterocycles. The quantitative estimate of drug-likeness (QED) is 0.756. The van der Waals surface area contributed by atoms with Crippen molar-refractivity contribution in [2.75, 3.05) is 38.6 Å². The zero-order chi connectivity index (χ0) is 15.3. The minimum absolute atomic E-state index is 0.193. The SMILES string of the molecule is CCN(CCCN(C)C)c1ccc(C(N)=S)c(Br)c1F. The van der Waals surface area contributed by atoms with Gasteiger partial charge >= 0.3 is 0 Å². The molecule has 20 heavy (non-hydrogen) atoms. The van der Waals surface area contributed by atoms with Crippen molar-refractivity contribution >= 4 is 38.8 Å². The van der Waals surface area contributed by atoms with Crippen molar-refractivity contribution in [1.29, 1.82) is 0 Å². The van der Waals surface area contributed by atoms with E-state index in [1.807, 2.05) is 25.9 Å². The van der Waals surface area contributed by atoms with Gasteiger partial charge in [-0.1, -0.05) is 12.2 Å². The predicted molar refractivity (Wildman–Crippen MR) is 91.0 cm³/mol. The van der Waals surface area contributed by atoms with Crippen LogP contribution >= 0.6 is 28.1 Å². The maximum Gasteiger partial charge on any atom is 0.161 e. The number of hydrogen-bond acceptors (Lipinski definition) is 3. The van der Waals surface area contributed by atoms with E-state index in [4.69, 9.17) is 18.0 Å². The fraction of sp³-hybridized carbons (Fsp3) is 0.500. The summed E-state index contributed by atoms with van der Waals surface area (Å²) < 4.78 is 14.8. The molecule has 0 aliphatic heterocycles. The normalized spacial score (nSPS) is 10.9. The van der Waals surface area contributed by atoms with Crippen LogP contribution in [0.15, 0.2) is 16.6 Å². The summed E-state index contributed by atoms with van der Waals surface area (Å²) in [6.07, 6.45) is 0.981. The Labute approximate surface area is 134 Å². The van der Waals surface area contributed by atoms with Gasteiger partial charge < -0.3 is 15.5 Å². The van der Waals surface area contributed by atoms with Crippen molar-refractivity contribution in [3.63, 3.8) is 0 Å². The maximum absolute atomic E-state index is 14.4. The van der Waals surface area contributed by atoms with Gasteiger partial charge in [-0.2, -0.15) is 0 Å².